The number of allylic oxidation sites excluding steroid dienone is 1. The maximum atomic E-state index is 14.0. The fourth-order valence-corrected chi connectivity index (χ4v) is 1.95. The molecule has 0 atom stereocenters. The third-order valence-corrected chi connectivity index (χ3v) is 3.07. The number of aryl methyl sites for hydroxylation is 1. The number of pyridine rings is 1. The quantitative estimate of drug-likeness (QED) is 0.763. The molecule has 0 spiro atoms. The van der Waals surface area contributed by atoms with E-state index in [1.54, 1.807) is 6.20 Å². The molecule has 1 nitrogen and oxygen atoms in total. The Hall–Kier alpha value is -2.03. The molecular weight excluding hydrogens is 244 g/mol. The first-order valence-corrected chi connectivity index (χ1v) is 6.09. The van der Waals surface area contributed by atoms with Crippen molar-refractivity contribution in [2.45, 2.75) is 20.8 Å². The minimum atomic E-state index is -0.531. The van der Waals surface area contributed by atoms with Crippen LogP contribution in [0.5, 0.6) is 0 Å². The largest absolute Gasteiger partial charge is 0.256 e. The summed E-state index contributed by atoms with van der Waals surface area (Å²) in [7, 11) is 0. The molecule has 2 aromatic rings. The average molecular weight is 259 g/mol. The molecule has 1 aromatic carbocycles. The Labute approximate surface area is 111 Å². The summed E-state index contributed by atoms with van der Waals surface area (Å²) in [6, 6.07) is 4.59. The first-order valence-electron chi connectivity index (χ1n) is 6.09. The van der Waals surface area contributed by atoms with Gasteiger partial charge in [-0.25, -0.2) is 8.78 Å². The highest BCUT2D eigenvalue weighted by atomic mass is 19.1. The van der Waals surface area contributed by atoms with Gasteiger partial charge >= 0.3 is 0 Å². The Bertz CT molecular complexity index is 645. The predicted octanol–water partition coefficient (Wildman–Crippen LogP) is 4.68. The Morgan fingerprint density at radius 1 is 1.16 bits per heavy atom. The molecule has 0 N–H and O–H groups in total. The summed E-state index contributed by atoms with van der Waals surface area (Å²) in [6.07, 6.45) is 5.40. The highest BCUT2D eigenvalue weighted by Crippen LogP contribution is 2.27. The standard InChI is InChI=1S/C16H15F2N/c1-4-5-15-10(2)8-12(9-19-15)13-6-7-14(17)11(3)16(13)18/h4-9H,1-3H3/b5-4-. The van der Waals surface area contributed by atoms with E-state index in [0.29, 0.717) is 11.1 Å². The van der Waals surface area contributed by atoms with Crippen LogP contribution < -0.4 is 0 Å². The minimum Gasteiger partial charge on any atom is -0.256 e. The normalized spacial score (nSPS) is 11.2. The minimum absolute atomic E-state index is 0.0349. The molecule has 98 valence electrons. The van der Waals surface area contributed by atoms with Crippen LogP contribution in [0.4, 0.5) is 8.78 Å². The van der Waals surface area contributed by atoms with Crippen LogP contribution in [0.3, 0.4) is 0 Å². The first kappa shape index (κ1) is 13.4. The first-order chi connectivity index (χ1) is 9.04. The molecule has 0 aliphatic carbocycles. The Kier molecular flexibility index (Phi) is 3.74. The molecule has 0 saturated heterocycles. The van der Waals surface area contributed by atoms with Gasteiger partial charge in [0.25, 0.3) is 0 Å². The molecule has 0 radical (unpaired) electrons. The lowest BCUT2D eigenvalue weighted by molar-refractivity contribution is 0.570. The maximum Gasteiger partial charge on any atom is 0.136 e. The lowest BCUT2D eigenvalue weighted by atomic mass is 10.0. The van der Waals surface area contributed by atoms with Gasteiger partial charge in [0.15, 0.2) is 0 Å². The summed E-state index contributed by atoms with van der Waals surface area (Å²) >= 11 is 0. The third-order valence-electron chi connectivity index (χ3n) is 3.07. The zero-order valence-corrected chi connectivity index (χ0v) is 11.2. The van der Waals surface area contributed by atoms with Gasteiger partial charge in [-0.1, -0.05) is 6.08 Å². The van der Waals surface area contributed by atoms with Gasteiger partial charge in [0.1, 0.15) is 11.6 Å². The van der Waals surface area contributed by atoms with E-state index >= 15 is 0 Å². The van der Waals surface area contributed by atoms with Crippen molar-refractivity contribution in [3.8, 4) is 11.1 Å². The second-order valence-electron chi connectivity index (χ2n) is 4.46. The van der Waals surface area contributed by atoms with E-state index in [1.165, 1.54) is 19.1 Å². The summed E-state index contributed by atoms with van der Waals surface area (Å²) in [5.41, 5.74) is 2.88. The van der Waals surface area contributed by atoms with E-state index in [2.05, 4.69) is 4.98 Å². The third kappa shape index (κ3) is 2.55. The van der Waals surface area contributed by atoms with Crippen molar-refractivity contribution < 1.29 is 8.78 Å². The zero-order valence-electron chi connectivity index (χ0n) is 11.2. The number of halogens is 2. The van der Waals surface area contributed by atoms with Gasteiger partial charge in [-0.05, 0) is 50.6 Å². The number of benzene rings is 1. The zero-order chi connectivity index (χ0) is 14.0. The fraction of sp³-hybridized carbons (Fsp3) is 0.188. The molecule has 0 saturated carbocycles. The van der Waals surface area contributed by atoms with Crippen LogP contribution in [0, 0.1) is 25.5 Å². The molecule has 1 aromatic heterocycles. The van der Waals surface area contributed by atoms with Crippen molar-refractivity contribution in [2.24, 2.45) is 0 Å². The highest BCUT2D eigenvalue weighted by molar-refractivity contribution is 5.66. The summed E-state index contributed by atoms with van der Waals surface area (Å²) in [4.78, 5) is 4.29. The van der Waals surface area contributed by atoms with E-state index in [0.717, 1.165) is 11.3 Å². The second kappa shape index (κ2) is 5.31. The van der Waals surface area contributed by atoms with Gasteiger partial charge in [0.05, 0.1) is 5.69 Å². The van der Waals surface area contributed by atoms with Crippen LogP contribution in [0.2, 0.25) is 0 Å². The molecule has 0 amide bonds. The van der Waals surface area contributed by atoms with Crippen molar-refractivity contribution >= 4 is 6.08 Å². The Balaban J connectivity index is 2.54. The molecule has 0 fully saturated rings. The van der Waals surface area contributed by atoms with E-state index in [1.807, 2.05) is 32.1 Å². The summed E-state index contributed by atoms with van der Waals surface area (Å²) in [5, 5.41) is 0. The summed E-state index contributed by atoms with van der Waals surface area (Å²) < 4.78 is 27.3. The van der Waals surface area contributed by atoms with Gasteiger partial charge < -0.3 is 0 Å². The van der Waals surface area contributed by atoms with E-state index in [4.69, 9.17) is 0 Å². The molecule has 0 aliphatic rings. The summed E-state index contributed by atoms with van der Waals surface area (Å²) in [5.74, 6) is -1.06. The predicted molar refractivity (Wildman–Crippen MR) is 73.8 cm³/mol. The van der Waals surface area contributed by atoms with Crippen molar-refractivity contribution in [3.63, 3.8) is 0 Å². The SMILES string of the molecule is C/C=C\c1ncc(-c2ccc(F)c(C)c2F)cc1C. The molecule has 0 unspecified atom stereocenters. The van der Waals surface area contributed by atoms with E-state index in [-0.39, 0.29) is 5.56 Å². The average Bonchev–Trinajstić information content (AvgIpc) is 2.39. The smallest absolute Gasteiger partial charge is 0.136 e. The molecule has 1 heterocycles. The van der Waals surface area contributed by atoms with Gasteiger partial charge in [-0.15, -0.1) is 0 Å². The van der Waals surface area contributed by atoms with Gasteiger partial charge in [-0.3, -0.25) is 4.98 Å². The van der Waals surface area contributed by atoms with Crippen LogP contribution >= 0.6 is 0 Å². The number of hydrogen-bond donors (Lipinski definition) is 0. The number of aromatic nitrogens is 1. The molecule has 3 heteroatoms. The number of rotatable bonds is 2. The van der Waals surface area contributed by atoms with Crippen LogP contribution in [0.25, 0.3) is 17.2 Å². The van der Waals surface area contributed by atoms with Crippen LogP contribution in [-0.4, -0.2) is 4.98 Å². The van der Waals surface area contributed by atoms with Crippen molar-refractivity contribution in [2.75, 3.05) is 0 Å². The number of hydrogen-bond acceptors (Lipinski definition) is 1. The second-order valence-corrected chi connectivity index (χ2v) is 4.46. The fourth-order valence-electron chi connectivity index (χ4n) is 1.95. The van der Waals surface area contributed by atoms with Crippen LogP contribution in [0.15, 0.2) is 30.5 Å². The van der Waals surface area contributed by atoms with Crippen molar-refractivity contribution in [1.82, 2.24) is 4.98 Å². The van der Waals surface area contributed by atoms with Gasteiger partial charge in [-0.2, -0.15) is 0 Å². The Morgan fingerprint density at radius 3 is 2.53 bits per heavy atom. The number of nitrogens with zero attached hydrogens (tertiary/aromatic N) is 1. The van der Waals surface area contributed by atoms with Gasteiger partial charge in [0, 0.05) is 22.9 Å². The molecule has 0 bridgehead atoms. The van der Waals surface area contributed by atoms with E-state index < -0.39 is 11.6 Å². The Morgan fingerprint density at radius 2 is 1.89 bits per heavy atom. The van der Waals surface area contributed by atoms with Crippen LogP contribution in [0.1, 0.15) is 23.7 Å². The topological polar surface area (TPSA) is 12.9 Å². The van der Waals surface area contributed by atoms with Gasteiger partial charge in [0.2, 0.25) is 0 Å². The molecule has 2 rings (SSSR count). The molecule has 0 aliphatic heterocycles. The van der Waals surface area contributed by atoms with Crippen molar-refractivity contribution in [3.05, 3.63) is 58.9 Å². The molecular formula is C16H15F2N. The maximum absolute atomic E-state index is 14.0. The van der Waals surface area contributed by atoms with Crippen LogP contribution in [-0.2, 0) is 0 Å². The summed E-state index contributed by atoms with van der Waals surface area (Å²) in [6.45, 7) is 5.26. The monoisotopic (exact) mass is 259 g/mol. The van der Waals surface area contributed by atoms with Crippen molar-refractivity contribution in [1.29, 1.82) is 0 Å². The highest BCUT2D eigenvalue weighted by Gasteiger charge is 2.12. The molecule has 19 heavy (non-hydrogen) atoms. The lowest BCUT2D eigenvalue weighted by Crippen LogP contribution is -1.95. The lowest BCUT2D eigenvalue weighted by Gasteiger charge is -2.08. The van der Waals surface area contributed by atoms with E-state index in [9.17, 15) is 8.78 Å².